The number of hydrogen-bond acceptors (Lipinski definition) is 0. The highest BCUT2D eigenvalue weighted by Gasteiger charge is 2.90. The monoisotopic (exact) mass is 162 g/mol. The van der Waals surface area contributed by atoms with Crippen LogP contribution in [-0.4, -0.2) is 0 Å². The summed E-state index contributed by atoms with van der Waals surface area (Å²) < 4.78 is 0. The van der Waals surface area contributed by atoms with Crippen molar-refractivity contribution in [2.45, 2.75) is 39.5 Å². The number of hydrogen-bond donors (Lipinski definition) is 0. The molecule has 66 valence electrons. The molecule has 0 amide bonds. The molecule has 0 saturated heterocycles. The van der Waals surface area contributed by atoms with Crippen molar-refractivity contribution in [1.82, 2.24) is 0 Å². The van der Waals surface area contributed by atoms with E-state index in [1.54, 1.807) is 25.7 Å². The SMILES string of the molecule is CC1C2C3CCCC4(C)CC4C132. The van der Waals surface area contributed by atoms with Crippen LogP contribution in [0, 0.1) is 34.5 Å². The van der Waals surface area contributed by atoms with Gasteiger partial charge in [0.15, 0.2) is 0 Å². The molecule has 0 nitrogen and oxygen atoms in total. The molecule has 12 heavy (non-hydrogen) atoms. The lowest BCUT2D eigenvalue weighted by atomic mass is 9.91. The van der Waals surface area contributed by atoms with Crippen LogP contribution in [0.1, 0.15) is 39.5 Å². The molecule has 4 aliphatic rings. The molecule has 4 rings (SSSR count). The van der Waals surface area contributed by atoms with Gasteiger partial charge < -0.3 is 0 Å². The molecule has 0 N–H and O–H groups in total. The first-order valence-electron chi connectivity index (χ1n) is 5.71. The minimum absolute atomic E-state index is 0.828. The average Bonchev–Trinajstić information content (AvgIpc) is 2.86. The summed E-state index contributed by atoms with van der Waals surface area (Å²) in [6.07, 6.45) is 6.27. The number of fused-ring (bicyclic) bond motifs is 2. The molecular weight excluding hydrogens is 144 g/mol. The summed E-state index contributed by atoms with van der Waals surface area (Å²) in [7, 11) is 0. The van der Waals surface area contributed by atoms with Crippen molar-refractivity contribution in [2.24, 2.45) is 34.5 Å². The van der Waals surface area contributed by atoms with E-state index < -0.39 is 0 Å². The zero-order chi connectivity index (χ0) is 8.14. The molecule has 4 fully saturated rings. The van der Waals surface area contributed by atoms with Gasteiger partial charge in [-0.05, 0) is 53.8 Å². The van der Waals surface area contributed by atoms with Crippen LogP contribution in [0.25, 0.3) is 0 Å². The van der Waals surface area contributed by atoms with E-state index >= 15 is 0 Å². The summed E-state index contributed by atoms with van der Waals surface area (Å²) >= 11 is 0. The highest BCUT2D eigenvalue weighted by atomic mass is 14.9. The maximum absolute atomic E-state index is 2.55. The molecule has 6 unspecified atom stereocenters. The fourth-order valence-corrected chi connectivity index (χ4v) is 5.18. The third-order valence-corrected chi connectivity index (χ3v) is 5.98. The van der Waals surface area contributed by atoms with Gasteiger partial charge in [-0.25, -0.2) is 0 Å². The summed E-state index contributed by atoms with van der Waals surface area (Å²) in [5.74, 6) is 4.73. The summed E-state index contributed by atoms with van der Waals surface area (Å²) in [6, 6.07) is 0. The van der Waals surface area contributed by atoms with Crippen molar-refractivity contribution < 1.29 is 0 Å². The molecule has 0 aromatic rings. The van der Waals surface area contributed by atoms with Gasteiger partial charge in [0.1, 0.15) is 0 Å². The van der Waals surface area contributed by atoms with Gasteiger partial charge >= 0.3 is 0 Å². The van der Waals surface area contributed by atoms with Crippen LogP contribution < -0.4 is 0 Å². The lowest BCUT2D eigenvalue weighted by Gasteiger charge is -2.14. The molecule has 0 radical (unpaired) electrons. The Kier molecular flexibility index (Phi) is 0.755. The predicted octanol–water partition coefficient (Wildman–Crippen LogP) is 3.08. The van der Waals surface area contributed by atoms with Gasteiger partial charge in [-0.15, -0.1) is 0 Å². The zero-order valence-electron chi connectivity index (χ0n) is 8.14. The highest BCUT2D eigenvalue weighted by molar-refractivity contribution is 5.37. The molecule has 6 atom stereocenters. The largest absolute Gasteiger partial charge is 0.0616 e. The van der Waals surface area contributed by atoms with E-state index in [1.165, 1.54) is 17.8 Å². The van der Waals surface area contributed by atoms with Crippen LogP contribution >= 0.6 is 0 Å². The van der Waals surface area contributed by atoms with Crippen molar-refractivity contribution in [3.05, 3.63) is 0 Å². The Labute approximate surface area is 74.7 Å². The molecule has 0 aromatic heterocycles. The van der Waals surface area contributed by atoms with Crippen LogP contribution in [0.2, 0.25) is 0 Å². The molecule has 4 aliphatic carbocycles. The maximum atomic E-state index is 2.55. The van der Waals surface area contributed by atoms with E-state index in [-0.39, 0.29) is 0 Å². The second-order valence-electron chi connectivity index (χ2n) is 6.22. The summed E-state index contributed by atoms with van der Waals surface area (Å²) in [6.45, 7) is 5.06. The fraction of sp³-hybridized carbons (Fsp3) is 1.00. The second-order valence-corrected chi connectivity index (χ2v) is 6.22. The second kappa shape index (κ2) is 1.40. The third-order valence-electron chi connectivity index (χ3n) is 5.98. The van der Waals surface area contributed by atoms with Crippen LogP contribution in [-0.2, 0) is 0 Å². The van der Waals surface area contributed by atoms with E-state index in [9.17, 15) is 0 Å². The molecule has 0 heteroatoms. The predicted molar refractivity (Wildman–Crippen MR) is 48.6 cm³/mol. The Hall–Kier alpha value is 0. The van der Waals surface area contributed by atoms with Crippen molar-refractivity contribution in [3.63, 3.8) is 0 Å². The van der Waals surface area contributed by atoms with Gasteiger partial charge in [0.2, 0.25) is 0 Å². The van der Waals surface area contributed by atoms with E-state index in [2.05, 4.69) is 13.8 Å². The zero-order valence-corrected chi connectivity index (χ0v) is 8.14. The molecular formula is C12H18. The van der Waals surface area contributed by atoms with E-state index in [1.807, 2.05) is 0 Å². The van der Waals surface area contributed by atoms with E-state index in [0.29, 0.717) is 0 Å². The van der Waals surface area contributed by atoms with Crippen LogP contribution in [0.5, 0.6) is 0 Å². The third kappa shape index (κ3) is 0.418. The summed E-state index contributed by atoms with van der Waals surface area (Å²) in [5.41, 5.74) is 1.78. The van der Waals surface area contributed by atoms with E-state index in [4.69, 9.17) is 0 Å². The first kappa shape index (κ1) is 6.45. The standard InChI is InChI=1S/C12H18/c1-7-10-8-4-3-5-11(2)6-9(11)12(7,8)10/h7-10H,3-6H2,1-2H3. The Balaban J connectivity index is 1.74. The smallest absolute Gasteiger partial charge is 0.0170 e. The summed E-state index contributed by atoms with van der Waals surface area (Å²) in [5, 5.41) is 0. The molecule has 0 bridgehead atoms. The molecule has 0 aromatic carbocycles. The quantitative estimate of drug-likeness (QED) is 0.513. The van der Waals surface area contributed by atoms with Gasteiger partial charge in [0.05, 0.1) is 0 Å². The van der Waals surface area contributed by atoms with Gasteiger partial charge in [0.25, 0.3) is 0 Å². The van der Waals surface area contributed by atoms with Crippen LogP contribution in [0.4, 0.5) is 0 Å². The first-order chi connectivity index (χ1) is 5.71. The Morgan fingerprint density at radius 1 is 1.33 bits per heavy atom. The molecule has 0 aliphatic heterocycles. The van der Waals surface area contributed by atoms with Crippen molar-refractivity contribution in [1.29, 1.82) is 0 Å². The topological polar surface area (TPSA) is 0 Å². The maximum Gasteiger partial charge on any atom is -0.0170 e. The first-order valence-corrected chi connectivity index (χ1v) is 5.71. The van der Waals surface area contributed by atoms with Gasteiger partial charge in [-0.1, -0.05) is 20.3 Å². The lowest BCUT2D eigenvalue weighted by molar-refractivity contribution is 0.336. The fourth-order valence-electron chi connectivity index (χ4n) is 5.18. The molecule has 1 spiro atoms. The van der Waals surface area contributed by atoms with Crippen LogP contribution in [0.15, 0.2) is 0 Å². The minimum Gasteiger partial charge on any atom is -0.0616 e. The highest BCUT2D eigenvalue weighted by Crippen LogP contribution is 2.95. The van der Waals surface area contributed by atoms with Gasteiger partial charge in [-0.2, -0.15) is 0 Å². The van der Waals surface area contributed by atoms with E-state index in [0.717, 1.165) is 16.7 Å². The molecule has 4 saturated carbocycles. The van der Waals surface area contributed by atoms with Crippen molar-refractivity contribution >= 4 is 0 Å². The lowest BCUT2D eigenvalue weighted by Crippen LogP contribution is -2.09. The van der Waals surface area contributed by atoms with Gasteiger partial charge in [0, 0.05) is 0 Å². The summed E-state index contributed by atoms with van der Waals surface area (Å²) in [4.78, 5) is 0. The van der Waals surface area contributed by atoms with Gasteiger partial charge in [-0.3, -0.25) is 0 Å². The molecule has 0 heterocycles. The Morgan fingerprint density at radius 3 is 2.92 bits per heavy atom. The normalized spacial score (nSPS) is 76.5. The van der Waals surface area contributed by atoms with Crippen molar-refractivity contribution in [3.8, 4) is 0 Å². The average molecular weight is 162 g/mol. The Morgan fingerprint density at radius 2 is 2.17 bits per heavy atom. The van der Waals surface area contributed by atoms with Crippen LogP contribution in [0.3, 0.4) is 0 Å². The Bertz CT molecular complexity index is 269. The number of rotatable bonds is 0. The van der Waals surface area contributed by atoms with Crippen molar-refractivity contribution in [2.75, 3.05) is 0 Å². The minimum atomic E-state index is 0.828.